The Hall–Kier alpha value is -0.940. The first kappa shape index (κ1) is 10.6. The van der Waals surface area contributed by atoms with E-state index in [1.807, 2.05) is 6.07 Å². The Morgan fingerprint density at radius 3 is 2.60 bits per heavy atom. The van der Waals surface area contributed by atoms with E-state index in [9.17, 15) is 0 Å². The Morgan fingerprint density at radius 1 is 1.40 bits per heavy atom. The molecule has 0 spiro atoms. The summed E-state index contributed by atoms with van der Waals surface area (Å²) in [5.41, 5.74) is 1.39. The van der Waals surface area contributed by atoms with Gasteiger partial charge in [-0.2, -0.15) is 5.26 Å². The number of benzene rings is 1. The summed E-state index contributed by atoms with van der Waals surface area (Å²) in [6, 6.07) is 13.0. The van der Waals surface area contributed by atoms with Crippen molar-refractivity contribution >= 4 is 11.8 Å². The molecule has 0 bridgehead atoms. The normalized spacial score (nSPS) is 29.2. The molecule has 1 saturated carbocycles. The van der Waals surface area contributed by atoms with Crippen molar-refractivity contribution < 1.29 is 0 Å². The first-order chi connectivity index (χ1) is 7.29. The average molecular weight is 217 g/mol. The van der Waals surface area contributed by atoms with Crippen LogP contribution in [0.4, 0.5) is 0 Å². The summed E-state index contributed by atoms with van der Waals surface area (Å²) in [5, 5.41) is 9.16. The van der Waals surface area contributed by atoms with Crippen molar-refractivity contribution in [2.45, 2.75) is 30.4 Å². The third-order valence-corrected chi connectivity index (χ3v) is 4.31. The van der Waals surface area contributed by atoms with E-state index in [1.54, 1.807) is 11.8 Å². The molecule has 1 fully saturated rings. The van der Waals surface area contributed by atoms with Crippen LogP contribution in [0.2, 0.25) is 0 Å². The van der Waals surface area contributed by atoms with Crippen LogP contribution in [0.3, 0.4) is 0 Å². The molecule has 1 aliphatic carbocycles. The average Bonchev–Trinajstić information content (AvgIpc) is 2.24. The van der Waals surface area contributed by atoms with Crippen LogP contribution >= 0.6 is 11.8 Å². The number of hydrogen-bond acceptors (Lipinski definition) is 2. The molecular weight excluding hydrogens is 202 g/mol. The summed E-state index contributed by atoms with van der Waals surface area (Å²) in [5.74, 6) is 1.64. The first-order valence-corrected chi connectivity index (χ1v) is 6.38. The highest BCUT2D eigenvalue weighted by Crippen LogP contribution is 2.52. The topological polar surface area (TPSA) is 23.8 Å². The van der Waals surface area contributed by atoms with Crippen LogP contribution in [0.15, 0.2) is 30.3 Å². The Balaban J connectivity index is 2.01. The van der Waals surface area contributed by atoms with E-state index in [1.165, 1.54) is 5.56 Å². The summed E-state index contributed by atoms with van der Waals surface area (Å²) in [4.78, 5) is 0. The highest BCUT2D eigenvalue weighted by Gasteiger charge is 2.45. The van der Waals surface area contributed by atoms with Crippen LogP contribution < -0.4 is 0 Å². The van der Waals surface area contributed by atoms with Gasteiger partial charge in [0.15, 0.2) is 0 Å². The lowest BCUT2D eigenvalue weighted by Gasteiger charge is -2.42. The fourth-order valence-electron chi connectivity index (χ4n) is 2.21. The summed E-state index contributed by atoms with van der Waals surface area (Å²) >= 11 is 1.80. The zero-order valence-electron chi connectivity index (χ0n) is 8.94. The molecule has 2 rings (SSSR count). The molecule has 1 nitrogen and oxygen atoms in total. The molecule has 1 aromatic rings. The Kier molecular flexibility index (Phi) is 3.02. The molecular formula is C13H15NS. The van der Waals surface area contributed by atoms with E-state index in [0.717, 1.165) is 18.6 Å². The molecule has 0 heterocycles. The minimum Gasteiger partial charge on any atom is -0.197 e. The summed E-state index contributed by atoms with van der Waals surface area (Å²) in [6.45, 7) is 2.12. The molecule has 15 heavy (non-hydrogen) atoms. The highest BCUT2D eigenvalue weighted by atomic mass is 32.2. The smallest absolute Gasteiger partial charge is 0.103 e. The second-order valence-electron chi connectivity index (χ2n) is 4.05. The van der Waals surface area contributed by atoms with Crippen LogP contribution in [0.5, 0.6) is 0 Å². The van der Waals surface area contributed by atoms with Crippen LogP contribution in [-0.4, -0.2) is 10.5 Å². The molecule has 1 aromatic carbocycles. The fourth-order valence-corrected chi connectivity index (χ4v) is 3.47. The van der Waals surface area contributed by atoms with Gasteiger partial charge in [0.25, 0.3) is 0 Å². The molecule has 0 aromatic heterocycles. The quantitative estimate of drug-likeness (QED) is 0.772. The van der Waals surface area contributed by atoms with Crippen LogP contribution in [0, 0.1) is 11.3 Å². The lowest BCUT2D eigenvalue weighted by molar-refractivity contribution is 0.369. The predicted octanol–water partition coefficient (Wildman–Crippen LogP) is 3.58. The van der Waals surface area contributed by atoms with Crippen molar-refractivity contribution in [3.8, 4) is 6.07 Å². The maximum Gasteiger partial charge on any atom is 0.103 e. The Morgan fingerprint density at radius 2 is 2.07 bits per heavy atom. The number of hydrogen-bond donors (Lipinski definition) is 0. The maximum atomic E-state index is 9.16. The van der Waals surface area contributed by atoms with Crippen molar-refractivity contribution in [1.82, 2.24) is 0 Å². The van der Waals surface area contributed by atoms with Gasteiger partial charge in [-0.15, -0.1) is 11.8 Å². The molecule has 0 saturated heterocycles. The molecule has 1 aliphatic rings. The zero-order chi connectivity index (χ0) is 10.7. The van der Waals surface area contributed by atoms with Crippen molar-refractivity contribution in [3.05, 3.63) is 35.9 Å². The largest absolute Gasteiger partial charge is 0.197 e. The lowest BCUT2D eigenvalue weighted by Crippen LogP contribution is -2.38. The molecule has 2 heteroatoms. The van der Waals surface area contributed by atoms with Gasteiger partial charge in [0.05, 0.1) is 6.07 Å². The van der Waals surface area contributed by atoms with E-state index in [2.05, 4.69) is 37.3 Å². The predicted molar refractivity (Wildman–Crippen MR) is 64.9 cm³/mol. The number of nitrogens with zero attached hydrogens (tertiary/aromatic N) is 1. The molecule has 0 unspecified atom stereocenters. The van der Waals surface area contributed by atoms with Crippen molar-refractivity contribution in [1.29, 1.82) is 5.26 Å². The van der Waals surface area contributed by atoms with Gasteiger partial charge in [-0.1, -0.05) is 37.3 Å². The van der Waals surface area contributed by atoms with Gasteiger partial charge < -0.3 is 0 Å². The third-order valence-electron chi connectivity index (χ3n) is 3.05. The van der Waals surface area contributed by atoms with Gasteiger partial charge in [0.1, 0.15) is 4.75 Å². The molecule has 0 amide bonds. The fraction of sp³-hybridized carbons (Fsp3) is 0.462. The summed E-state index contributed by atoms with van der Waals surface area (Å²) in [7, 11) is 0. The molecule has 0 atom stereocenters. The van der Waals surface area contributed by atoms with Gasteiger partial charge in [-0.05, 0) is 30.1 Å². The third kappa shape index (κ3) is 2.03. The summed E-state index contributed by atoms with van der Waals surface area (Å²) < 4.78 is -0.0880. The highest BCUT2D eigenvalue weighted by molar-refractivity contribution is 8.00. The van der Waals surface area contributed by atoms with Crippen LogP contribution in [0.1, 0.15) is 31.2 Å². The number of nitriles is 1. The number of rotatable bonds is 3. The molecule has 78 valence electrons. The zero-order valence-corrected chi connectivity index (χ0v) is 9.76. The van der Waals surface area contributed by atoms with E-state index < -0.39 is 0 Å². The molecule has 0 N–H and O–H groups in total. The minimum atomic E-state index is -0.0880. The standard InChI is InChI=1S/C13H15NS/c1-2-15-13(10-14)8-12(9-13)11-6-4-3-5-7-11/h3-7,12H,2,8-9H2,1H3. The lowest BCUT2D eigenvalue weighted by atomic mass is 9.71. The van der Waals surface area contributed by atoms with Gasteiger partial charge in [0, 0.05) is 0 Å². The second kappa shape index (κ2) is 4.28. The van der Waals surface area contributed by atoms with Crippen molar-refractivity contribution in [2.24, 2.45) is 0 Å². The van der Waals surface area contributed by atoms with Crippen LogP contribution in [0.25, 0.3) is 0 Å². The summed E-state index contributed by atoms with van der Waals surface area (Å²) in [6.07, 6.45) is 2.04. The van der Waals surface area contributed by atoms with Crippen molar-refractivity contribution in [3.63, 3.8) is 0 Å². The molecule has 0 radical (unpaired) electrons. The van der Waals surface area contributed by atoms with Gasteiger partial charge in [-0.25, -0.2) is 0 Å². The monoisotopic (exact) mass is 217 g/mol. The van der Waals surface area contributed by atoms with E-state index in [4.69, 9.17) is 5.26 Å². The molecule has 0 aliphatic heterocycles. The van der Waals surface area contributed by atoms with E-state index in [-0.39, 0.29) is 4.75 Å². The maximum absolute atomic E-state index is 9.16. The van der Waals surface area contributed by atoms with Crippen LogP contribution in [-0.2, 0) is 0 Å². The Bertz CT molecular complexity index is 360. The van der Waals surface area contributed by atoms with Gasteiger partial charge in [0.2, 0.25) is 0 Å². The van der Waals surface area contributed by atoms with Gasteiger partial charge >= 0.3 is 0 Å². The van der Waals surface area contributed by atoms with Gasteiger partial charge in [-0.3, -0.25) is 0 Å². The SMILES string of the molecule is CCSC1(C#N)CC(c2ccccc2)C1. The van der Waals surface area contributed by atoms with E-state index in [0.29, 0.717) is 5.92 Å². The van der Waals surface area contributed by atoms with Crippen molar-refractivity contribution in [2.75, 3.05) is 5.75 Å². The minimum absolute atomic E-state index is 0.0880. The number of thioether (sulfide) groups is 1. The Labute approximate surface area is 95.5 Å². The van der Waals surface area contributed by atoms with E-state index >= 15 is 0 Å². The second-order valence-corrected chi connectivity index (χ2v) is 5.70. The first-order valence-electron chi connectivity index (χ1n) is 5.40.